The maximum absolute atomic E-state index is 11.9. The fraction of sp³-hybridized carbons (Fsp3) is 0.429. The molecule has 1 aliphatic carbocycles. The van der Waals surface area contributed by atoms with Crippen molar-refractivity contribution in [3.63, 3.8) is 0 Å². The molecule has 2 amide bonds. The normalized spacial score (nSPS) is 16.0. The van der Waals surface area contributed by atoms with Crippen LogP contribution in [0.3, 0.4) is 0 Å². The second-order valence-electron chi connectivity index (χ2n) is 4.95. The molecule has 0 spiro atoms. The van der Waals surface area contributed by atoms with Crippen molar-refractivity contribution in [3.05, 3.63) is 22.9 Å². The largest absolute Gasteiger partial charge is 0.335 e. The zero-order chi connectivity index (χ0) is 13.8. The lowest BCUT2D eigenvalue weighted by Crippen LogP contribution is -2.38. The Kier molecular flexibility index (Phi) is 4.32. The number of aromatic nitrogens is 1. The first-order valence-corrected chi connectivity index (χ1v) is 8.64. The molecule has 6 heteroatoms. The van der Waals surface area contributed by atoms with Crippen molar-refractivity contribution in [2.24, 2.45) is 0 Å². The van der Waals surface area contributed by atoms with Crippen LogP contribution in [0.25, 0.3) is 10.6 Å². The van der Waals surface area contributed by atoms with Gasteiger partial charge >= 0.3 is 6.03 Å². The third-order valence-electron chi connectivity index (χ3n) is 3.44. The number of nitrogens with one attached hydrogen (secondary N) is 2. The molecule has 106 valence electrons. The van der Waals surface area contributed by atoms with Gasteiger partial charge in [-0.05, 0) is 24.3 Å². The molecule has 20 heavy (non-hydrogen) atoms. The second kappa shape index (κ2) is 6.37. The van der Waals surface area contributed by atoms with Crippen molar-refractivity contribution in [1.29, 1.82) is 0 Å². The minimum absolute atomic E-state index is 0.135. The van der Waals surface area contributed by atoms with Gasteiger partial charge < -0.3 is 5.32 Å². The van der Waals surface area contributed by atoms with Gasteiger partial charge in [-0.25, -0.2) is 9.78 Å². The zero-order valence-corrected chi connectivity index (χ0v) is 12.7. The van der Waals surface area contributed by atoms with Gasteiger partial charge in [0.25, 0.3) is 0 Å². The number of hydrogen-bond donors (Lipinski definition) is 2. The highest BCUT2D eigenvalue weighted by Crippen LogP contribution is 2.28. The summed E-state index contributed by atoms with van der Waals surface area (Å²) in [5.74, 6) is 0. The van der Waals surface area contributed by atoms with Crippen LogP contribution in [-0.4, -0.2) is 17.1 Å². The highest BCUT2D eigenvalue weighted by Gasteiger charge is 2.16. The van der Waals surface area contributed by atoms with Crippen LogP contribution in [0.4, 0.5) is 9.93 Å². The molecule has 0 bridgehead atoms. The van der Waals surface area contributed by atoms with Crippen molar-refractivity contribution in [3.8, 4) is 10.6 Å². The number of hydrogen-bond acceptors (Lipinski definition) is 4. The number of thiazole rings is 1. The van der Waals surface area contributed by atoms with Gasteiger partial charge in [-0.3, -0.25) is 5.32 Å². The lowest BCUT2D eigenvalue weighted by molar-refractivity contribution is 0.244. The molecule has 2 aromatic heterocycles. The Morgan fingerprint density at radius 2 is 2.10 bits per heavy atom. The van der Waals surface area contributed by atoms with Crippen LogP contribution in [0.5, 0.6) is 0 Å². The van der Waals surface area contributed by atoms with Crippen molar-refractivity contribution < 1.29 is 4.79 Å². The summed E-state index contributed by atoms with van der Waals surface area (Å²) in [5.41, 5.74) is 0.929. The number of thiophene rings is 1. The molecule has 2 N–H and O–H groups in total. The third kappa shape index (κ3) is 3.37. The van der Waals surface area contributed by atoms with Gasteiger partial charge in [-0.2, -0.15) is 0 Å². The van der Waals surface area contributed by atoms with E-state index in [1.807, 2.05) is 22.9 Å². The number of carbonyl (C=O) groups excluding carboxylic acids is 1. The van der Waals surface area contributed by atoms with Crippen LogP contribution in [0, 0.1) is 0 Å². The molecular weight excluding hydrogens is 290 g/mol. The Labute approximate surface area is 126 Å². The zero-order valence-electron chi connectivity index (χ0n) is 11.1. The predicted molar refractivity (Wildman–Crippen MR) is 84.5 cm³/mol. The molecule has 1 fully saturated rings. The van der Waals surface area contributed by atoms with Gasteiger partial charge in [0.05, 0.1) is 10.6 Å². The Morgan fingerprint density at radius 1 is 1.25 bits per heavy atom. The van der Waals surface area contributed by atoms with Gasteiger partial charge in [-0.1, -0.05) is 25.3 Å². The molecule has 0 radical (unpaired) electrons. The molecule has 1 saturated carbocycles. The van der Waals surface area contributed by atoms with Crippen LogP contribution in [0.1, 0.15) is 32.1 Å². The van der Waals surface area contributed by atoms with E-state index in [0.717, 1.165) is 23.4 Å². The van der Waals surface area contributed by atoms with Crippen LogP contribution in [0.15, 0.2) is 22.9 Å². The first-order valence-electron chi connectivity index (χ1n) is 6.88. The van der Waals surface area contributed by atoms with E-state index in [0.29, 0.717) is 11.2 Å². The number of amides is 2. The molecule has 0 unspecified atom stereocenters. The fourth-order valence-electron chi connectivity index (χ4n) is 2.43. The maximum Gasteiger partial charge on any atom is 0.321 e. The van der Waals surface area contributed by atoms with Gasteiger partial charge in [0.15, 0.2) is 5.13 Å². The molecule has 1 aliphatic rings. The highest BCUT2D eigenvalue weighted by molar-refractivity contribution is 7.16. The number of urea groups is 1. The minimum Gasteiger partial charge on any atom is -0.335 e. The molecule has 0 aromatic carbocycles. The van der Waals surface area contributed by atoms with Crippen molar-refractivity contribution in [2.45, 2.75) is 38.1 Å². The standard InChI is InChI=1S/C14H17N3OS2/c18-13(15-10-5-2-1-3-6-10)17-14-16-11(9-20-14)12-7-4-8-19-12/h4,7-10H,1-3,5-6H2,(H2,15,16,17,18). The smallest absolute Gasteiger partial charge is 0.321 e. The number of carbonyl (C=O) groups is 1. The van der Waals surface area contributed by atoms with Crippen LogP contribution >= 0.6 is 22.7 Å². The molecule has 0 saturated heterocycles. The highest BCUT2D eigenvalue weighted by atomic mass is 32.1. The second-order valence-corrected chi connectivity index (χ2v) is 6.75. The summed E-state index contributed by atoms with van der Waals surface area (Å²) >= 11 is 3.11. The first-order chi connectivity index (χ1) is 9.81. The molecule has 2 aromatic rings. The quantitative estimate of drug-likeness (QED) is 0.887. The average molecular weight is 307 g/mol. The topological polar surface area (TPSA) is 54.0 Å². The monoisotopic (exact) mass is 307 g/mol. The van der Waals surface area contributed by atoms with E-state index < -0.39 is 0 Å². The molecule has 0 aliphatic heterocycles. The van der Waals surface area contributed by atoms with Crippen molar-refractivity contribution in [1.82, 2.24) is 10.3 Å². The van der Waals surface area contributed by atoms with Gasteiger partial charge in [0.2, 0.25) is 0 Å². The van der Waals surface area contributed by atoms with Crippen molar-refractivity contribution >= 4 is 33.8 Å². The van der Waals surface area contributed by atoms with E-state index in [4.69, 9.17) is 0 Å². The van der Waals surface area contributed by atoms with E-state index in [1.165, 1.54) is 30.6 Å². The van der Waals surface area contributed by atoms with E-state index in [-0.39, 0.29) is 6.03 Å². The lowest BCUT2D eigenvalue weighted by atomic mass is 9.96. The Hall–Kier alpha value is -1.40. The summed E-state index contributed by atoms with van der Waals surface area (Å²) in [6.07, 6.45) is 5.89. The summed E-state index contributed by atoms with van der Waals surface area (Å²) in [6.45, 7) is 0. The summed E-state index contributed by atoms with van der Waals surface area (Å²) in [6, 6.07) is 4.22. The maximum atomic E-state index is 11.9. The lowest BCUT2D eigenvalue weighted by Gasteiger charge is -2.22. The fourth-order valence-corrected chi connectivity index (χ4v) is 3.90. The number of anilines is 1. The van der Waals surface area contributed by atoms with E-state index in [2.05, 4.69) is 15.6 Å². The summed E-state index contributed by atoms with van der Waals surface area (Å²) in [4.78, 5) is 17.5. The molecular formula is C14H17N3OS2. The van der Waals surface area contributed by atoms with Crippen LogP contribution in [-0.2, 0) is 0 Å². The summed E-state index contributed by atoms with van der Waals surface area (Å²) < 4.78 is 0. The third-order valence-corrected chi connectivity index (χ3v) is 5.09. The molecule has 3 rings (SSSR count). The predicted octanol–water partition coefficient (Wildman–Crippen LogP) is 4.33. The minimum atomic E-state index is -0.135. The number of rotatable bonds is 3. The van der Waals surface area contributed by atoms with E-state index in [1.54, 1.807) is 11.3 Å². The average Bonchev–Trinajstić information content (AvgIpc) is 3.10. The first kappa shape index (κ1) is 13.6. The Bertz CT molecular complexity index is 559. The van der Waals surface area contributed by atoms with Crippen LogP contribution in [0.2, 0.25) is 0 Å². The summed E-state index contributed by atoms with van der Waals surface area (Å²) in [7, 11) is 0. The SMILES string of the molecule is O=C(Nc1nc(-c2cccs2)cs1)NC1CCCCC1. The van der Waals surface area contributed by atoms with Gasteiger partial charge in [-0.15, -0.1) is 22.7 Å². The van der Waals surface area contributed by atoms with E-state index in [9.17, 15) is 4.79 Å². The van der Waals surface area contributed by atoms with Gasteiger partial charge in [0.1, 0.15) is 0 Å². The molecule has 2 heterocycles. The van der Waals surface area contributed by atoms with E-state index >= 15 is 0 Å². The van der Waals surface area contributed by atoms with Crippen molar-refractivity contribution in [2.75, 3.05) is 5.32 Å². The number of nitrogens with zero attached hydrogens (tertiary/aromatic N) is 1. The summed E-state index contributed by atoms with van der Waals surface area (Å²) in [5, 5.41) is 10.5. The Balaban J connectivity index is 1.56. The molecule has 0 atom stereocenters. The molecule has 4 nitrogen and oxygen atoms in total. The van der Waals surface area contributed by atoms with Crippen LogP contribution < -0.4 is 10.6 Å². The Morgan fingerprint density at radius 3 is 2.85 bits per heavy atom. The van der Waals surface area contributed by atoms with Gasteiger partial charge in [0, 0.05) is 11.4 Å².